The van der Waals surface area contributed by atoms with E-state index in [0.717, 1.165) is 5.56 Å². The lowest BCUT2D eigenvalue weighted by molar-refractivity contribution is 0.485. The molecule has 2 heterocycles. The van der Waals surface area contributed by atoms with E-state index in [9.17, 15) is 8.42 Å². The van der Waals surface area contributed by atoms with Crippen LogP contribution in [0.5, 0.6) is 0 Å². The normalized spacial score (nSPS) is 12.0. The highest BCUT2D eigenvalue weighted by atomic mass is 32.2. The van der Waals surface area contributed by atoms with Gasteiger partial charge < -0.3 is 4.42 Å². The molecule has 0 N–H and O–H groups in total. The van der Waals surface area contributed by atoms with E-state index in [-0.39, 0.29) is 4.90 Å². The zero-order chi connectivity index (χ0) is 18.9. The van der Waals surface area contributed by atoms with Gasteiger partial charge in [0.05, 0.1) is 17.9 Å². The van der Waals surface area contributed by atoms with E-state index in [1.807, 2.05) is 30.3 Å². The molecular weight excluding hydrogens is 352 g/mol. The standard InChI is InChI=1S/C18H22N4O3S/c1-5-21(4)26(23,24)17-13(2)20-22(14(17)3)11-16-12-25-18(19-16)15-9-7-6-8-10-15/h6-10,12H,5,11H2,1-4H3. The fourth-order valence-corrected chi connectivity index (χ4v) is 4.32. The number of benzene rings is 1. The number of aromatic nitrogens is 3. The van der Waals surface area contributed by atoms with Crippen molar-refractivity contribution in [2.24, 2.45) is 0 Å². The highest BCUT2D eigenvalue weighted by Crippen LogP contribution is 2.24. The molecule has 26 heavy (non-hydrogen) atoms. The van der Waals surface area contributed by atoms with Gasteiger partial charge >= 0.3 is 0 Å². The molecule has 8 heteroatoms. The van der Waals surface area contributed by atoms with Crippen LogP contribution in [-0.2, 0) is 16.6 Å². The van der Waals surface area contributed by atoms with Crippen LogP contribution in [0.2, 0.25) is 0 Å². The van der Waals surface area contributed by atoms with Crippen molar-refractivity contribution < 1.29 is 12.8 Å². The highest BCUT2D eigenvalue weighted by Gasteiger charge is 2.28. The zero-order valence-corrected chi connectivity index (χ0v) is 16.1. The van der Waals surface area contributed by atoms with Crippen molar-refractivity contribution in [2.75, 3.05) is 13.6 Å². The first-order valence-electron chi connectivity index (χ1n) is 8.34. The maximum absolute atomic E-state index is 12.7. The van der Waals surface area contributed by atoms with Crippen molar-refractivity contribution in [3.8, 4) is 11.5 Å². The maximum atomic E-state index is 12.7. The van der Waals surface area contributed by atoms with Gasteiger partial charge in [-0.2, -0.15) is 5.10 Å². The topological polar surface area (TPSA) is 81.2 Å². The molecule has 0 saturated carbocycles. The van der Waals surface area contributed by atoms with Crippen LogP contribution < -0.4 is 0 Å². The summed E-state index contributed by atoms with van der Waals surface area (Å²) in [5, 5.41) is 4.40. The molecule has 0 aliphatic rings. The Hall–Kier alpha value is -2.45. The molecular formula is C18H22N4O3S. The molecule has 0 fully saturated rings. The van der Waals surface area contributed by atoms with Crippen LogP contribution in [0.15, 0.2) is 45.9 Å². The van der Waals surface area contributed by atoms with Gasteiger partial charge in [-0.25, -0.2) is 17.7 Å². The van der Waals surface area contributed by atoms with Crippen LogP contribution in [0.3, 0.4) is 0 Å². The molecule has 0 bridgehead atoms. The summed E-state index contributed by atoms with van der Waals surface area (Å²) >= 11 is 0. The van der Waals surface area contributed by atoms with E-state index in [1.165, 1.54) is 4.31 Å². The summed E-state index contributed by atoms with van der Waals surface area (Å²) in [7, 11) is -1.99. The molecule has 1 aromatic carbocycles. The van der Waals surface area contributed by atoms with Gasteiger partial charge in [0.25, 0.3) is 0 Å². The van der Waals surface area contributed by atoms with E-state index < -0.39 is 10.0 Å². The molecule has 3 rings (SSSR count). The lowest BCUT2D eigenvalue weighted by atomic mass is 10.2. The first-order chi connectivity index (χ1) is 12.3. The van der Waals surface area contributed by atoms with Gasteiger partial charge in [0.2, 0.25) is 15.9 Å². The lowest BCUT2D eigenvalue weighted by Crippen LogP contribution is -2.27. The first kappa shape index (κ1) is 18.3. The molecule has 0 aliphatic carbocycles. The average Bonchev–Trinajstić information content (AvgIpc) is 3.20. The molecule has 0 radical (unpaired) electrons. The van der Waals surface area contributed by atoms with E-state index in [4.69, 9.17) is 4.42 Å². The van der Waals surface area contributed by atoms with Crippen molar-refractivity contribution >= 4 is 10.0 Å². The lowest BCUT2D eigenvalue weighted by Gasteiger charge is -2.15. The number of sulfonamides is 1. The predicted octanol–water partition coefficient (Wildman–Crippen LogP) is 2.84. The molecule has 0 spiro atoms. The Morgan fingerprint density at radius 3 is 2.54 bits per heavy atom. The van der Waals surface area contributed by atoms with Crippen molar-refractivity contribution in [1.29, 1.82) is 0 Å². The number of rotatable bonds is 6. The Kier molecular flexibility index (Phi) is 4.97. The van der Waals surface area contributed by atoms with Crippen LogP contribution in [0.1, 0.15) is 24.0 Å². The molecule has 138 valence electrons. The van der Waals surface area contributed by atoms with Crippen LogP contribution in [0.4, 0.5) is 0 Å². The second-order valence-corrected chi connectivity index (χ2v) is 8.07. The molecule has 0 unspecified atom stereocenters. The minimum Gasteiger partial charge on any atom is -0.444 e. The van der Waals surface area contributed by atoms with Gasteiger partial charge in [0.15, 0.2) is 0 Å². The summed E-state index contributed by atoms with van der Waals surface area (Å²) < 4.78 is 33.9. The molecule has 0 aliphatic heterocycles. The minimum atomic E-state index is -3.55. The maximum Gasteiger partial charge on any atom is 0.246 e. The van der Waals surface area contributed by atoms with E-state index in [2.05, 4.69) is 10.1 Å². The molecule has 0 atom stereocenters. The van der Waals surface area contributed by atoms with Gasteiger partial charge in [-0.1, -0.05) is 25.1 Å². The largest absolute Gasteiger partial charge is 0.444 e. The van der Waals surface area contributed by atoms with Crippen LogP contribution >= 0.6 is 0 Å². The smallest absolute Gasteiger partial charge is 0.246 e. The van der Waals surface area contributed by atoms with E-state index >= 15 is 0 Å². The Balaban J connectivity index is 1.91. The Morgan fingerprint density at radius 2 is 1.88 bits per heavy atom. The summed E-state index contributed by atoms with van der Waals surface area (Å²) in [6.45, 7) is 6.00. The van der Waals surface area contributed by atoms with E-state index in [0.29, 0.717) is 36.1 Å². The molecule has 2 aromatic heterocycles. The van der Waals surface area contributed by atoms with Crippen molar-refractivity contribution in [3.05, 3.63) is 53.7 Å². The number of aryl methyl sites for hydroxylation is 1. The summed E-state index contributed by atoms with van der Waals surface area (Å²) in [5.74, 6) is 0.528. The SMILES string of the molecule is CCN(C)S(=O)(=O)c1c(C)nn(Cc2coc(-c3ccccc3)n2)c1C. The summed E-state index contributed by atoms with van der Waals surface area (Å²) in [6.07, 6.45) is 1.57. The van der Waals surface area contributed by atoms with Crippen molar-refractivity contribution in [3.63, 3.8) is 0 Å². The van der Waals surface area contributed by atoms with Gasteiger partial charge in [0, 0.05) is 19.2 Å². The first-order valence-corrected chi connectivity index (χ1v) is 9.78. The third kappa shape index (κ3) is 3.30. The number of hydrogen-bond acceptors (Lipinski definition) is 5. The monoisotopic (exact) mass is 374 g/mol. The van der Waals surface area contributed by atoms with Gasteiger partial charge in [-0.15, -0.1) is 0 Å². The summed E-state index contributed by atoms with van der Waals surface area (Å²) in [5.41, 5.74) is 2.64. The average molecular weight is 374 g/mol. The van der Waals surface area contributed by atoms with Gasteiger partial charge in [0.1, 0.15) is 16.9 Å². The Labute approximate surface area is 153 Å². The third-order valence-corrected chi connectivity index (χ3v) is 6.50. The van der Waals surface area contributed by atoms with Gasteiger partial charge in [-0.05, 0) is 26.0 Å². The Bertz CT molecular complexity index is 1010. The molecule has 7 nitrogen and oxygen atoms in total. The van der Waals surface area contributed by atoms with Crippen LogP contribution in [-0.4, -0.2) is 41.1 Å². The Morgan fingerprint density at radius 1 is 1.19 bits per heavy atom. The molecule has 0 amide bonds. The van der Waals surface area contributed by atoms with Crippen LogP contribution in [0.25, 0.3) is 11.5 Å². The minimum absolute atomic E-state index is 0.258. The van der Waals surface area contributed by atoms with Crippen molar-refractivity contribution in [1.82, 2.24) is 19.1 Å². The second-order valence-electron chi connectivity index (χ2n) is 6.09. The van der Waals surface area contributed by atoms with E-state index in [1.54, 1.807) is 38.8 Å². The third-order valence-electron chi connectivity index (χ3n) is 4.31. The molecule has 0 saturated heterocycles. The fraction of sp³-hybridized carbons (Fsp3) is 0.333. The predicted molar refractivity (Wildman–Crippen MR) is 98.2 cm³/mol. The van der Waals surface area contributed by atoms with Crippen LogP contribution in [0, 0.1) is 13.8 Å². The number of nitrogens with zero attached hydrogens (tertiary/aromatic N) is 4. The zero-order valence-electron chi connectivity index (χ0n) is 15.3. The summed E-state index contributed by atoms with van der Waals surface area (Å²) in [6, 6.07) is 9.61. The summed E-state index contributed by atoms with van der Waals surface area (Å²) in [4.78, 5) is 4.74. The highest BCUT2D eigenvalue weighted by molar-refractivity contribution is 7.89. The fourth-order valence-electron chi connectivity index (χ4n) is 2.78. The number of oxazole rings is 1. The number of hydrogen-bond donors (Lipinski definition) is 0. The van der Waals surface area contributed by atoms with Crippen molar-refractivity contribution in [2.45, 2.75) is 32.2 Å². The quantitative estimate of drug-likeness (QED) is 0.663. The molecule has 3 aromatic rings. The van der Waals surface area contributed by atoms with Gasteiger partial charge in [-0.3, -0.25) is 4.68 Å². The second kappa shape index (κ2) is 7.05.